The van der Waals surface area contributed by atoms with Gasteiger partial charge in [-0.3, -0.25) is 0 Å². The van der Waals surface area contributed by atoms with Crippen LogP contribution in [0.3, 0.4) is 0 Å². The molecule has 0 aromatic carbocycles. The Balaban J connectivity index is 3.74. The summed E-state index contributed by atoms with van der Waals surface area (Å²) in [5.41, 5.74) is -1.34. The molecule has 4 heteroatoms. The first-order valence-electron chi connectivity index (χ1n) is 3.01. The van der Waals surface area contributed by atoms with Crippen molar-refractivity contribution >= 4 is 5.97 Å². The highest BCUT2D eigenvalue weighted by molar-refractivity contribution is 5.65. The summed E-state index contributed by atoms with van der Waals surface area (Å²) < 4.78 is 0. The van der Waals surface area contributed by atoms with Gasteiger partial charge in [-0.1, -0.05) is 0 Å². The van der Waals surface area contributed by atoms with E-state index < -0.39 is 18.0 Å². The van der Waals surface area contributed by atoms with Gasteiger partial charge in [-0.2, -0.15) is 0 Å². The summed E-state index contributed by atoms with van der Waals surface area (Å²) in [6.07, 6.45) is -0.380. The molecule has 60 valence electrons. The van der Waals surface area contributed by atoms with Crippen LogP contribution in [-0.4, -0.2) is 28.4 Å². The first-order chi connectivity index (χ1) is 4.48. The molecule has 1 atom stereocenters. The van der Waals surface area contributed by atoms with Gasteiger partial charge in [-0.15, -0.1) is 0 Å². The third-order valence-electron chi connectivity index (χ3n) is 1.18. The van der Waals surface area contributed by atoms with Crippen LogP contribution < -0.4 is 5.11 Å². The van der Waals surface area contributed by atoms with Crippen molar-refractivity contribution in [1.82, 2.24) is 0 Å². The first-order valence-corrected chi connectivity index (χ1v) is 3.01. The Morgan fingerprint density at radius 1 is 1.70 bits per heavy atom. The van der Waals surface area contributed by atoms with E-state index in [0.717, 1.165) is 0 Å². The number of hydrogen-bond donors (Lipinski definition) is 2. The lowest BCUT2D eigenvalue weighted by molar-refractivity contribution is -0.309. The fraction of sp³-hybridized carbons (Fsp3) is 0.833. The zero-order valence-corrected chi connectivity index (χ0v) is 5.83. The summed E-state index contributed by atoms with van der Waals surface area (Å²) in [4.78, 5) is 9.94. The second kappa shape index (κ2) is 3.53. The van der Waals surface area contributed by atoms with Crippen molar-refractivity contribution in [3.8, 4) is 0 Å². The van der Waals surface area contributed by atoms with Crippen LogP contribution in [0.25, 0.3) is 0 Å². The highest BCUT2D eigenvalue weighted by Gasteiger charge is 2.19. The van der Waals surface area contributed by atoms with Crippen LogP contribution in [0.5, 0.6) is 0 Å². The summed E-state index contributed by atoms with van der Waals surface area (Å²) >= 11 is 0. The molecular weight excluding hydrogens is 136 g/mol. The average molecular weight is 147 g/mol. The Morgan fingerprint density at radius 3 is 2.50 bits per heavy atom. The van der Waals surface area contributed by atoms with Crippen LogP contribution >= 0.6 is 0 Å². The minimum atomic E-state index is -1.34. The van der Waals surface area contributed by atoms with Crippen LogP contribution in [0, 0.1) is 0 Å². The van der Waals surface area contributed by atoms with E-state index in [2.05, 4.69) is 0 Å². The normalized spacial score (nSPS) is 16.3. The van der Waals surface area contributed by atoms with Crippen LogP contribution in [0.1, 0.15) is 19.8 Å². The number of carboxylic acids is 1. The Morgan fingerprint density at radius 2 is 2.20 bits per heavy atom. The molecule has 0 radical (unpaired) electrons. The maximum Gasteiger partial charge on any atom is 0.0693 e. The molecule has 0 aliphatic rings. The molecule has 0 saturated carbocycles. The summed E-state index contributed by atoms with van der Waals surface area (Å²) in [5, 5.41) is 27.4. The van der Waals surface area contributed by atoms with Crippen molar-refractivity contribution in [3.05, 3.63) is 0 Å². The molecule has 10 heavy (non-hydrogen) atoms. The van der Waals surface area contributed by atoms with E-state index in [1.807, 2.05) is 0 Å². The van der Waals surface area contributed by atoms with Gasteiger partial charge in [0.15, 0.2) is 0 Å². The molecule has 0 bridgehead atoms. The molecule has 0 heterocycles. The summed E-state index contributed by atoms with van der Waals surface area (Å²) in [5.74, 6) is -1.31. The van der Waals surface area contributed by atoms with Crippen molar-refractivity contribution < 1.29 is 20.1 Å². The lowest BCUT2D eigenvalue weighted by Gasteiger charge is -2.22. The predicted octanol–water partition coefficient (Wildman–Crippen LogP) is -1.74. The highest BCUT2D eigenvalue weighted by Crippen LogP contribution is 2.12. The van der Waals surface area contributed by atoms with Crippen LogP contribution in [0.2, 0.25) is 0 Å². The second-order valence-corrected chi connectivity index (χ2v) is 2.52. The minimum Gasteiger partial charge on any atom is -0.550 e. The van der Waals surface area contributed by atoms with Gasteiger partial charge in [0.1, 0.15) is 0 Å². The second-order valence-electron chi connectivity index (χ2n) is 2.52. The Bertz CT molecular complexity index is 119. The molecule has 0 spiro atoms. The van der Waals surface area contributed by atoms with E-state index in [1.165, 1.54) is 6.92 Å². The number of aliphatic hydroxyl groups is 2. The molecule has 0 fully saturated rings. The molecule has 0 rings (SSSR count). The topological polar surface area (TPSA) is 80.6 Å². The third kappa shape index (κ3) is 4.29. The summed E-state index contributed by atoms with van der Waals surface area (Å²) in [6, 6.07) is 0. The van der Waals surface area contributed by atoms with E-state index in [0.29, 0.717) is 0 Å². The van der Waals surface area contributed by atoms with Crippen molar-refractivity contribution in [2.24, 2.45) is 0 Å². The maximum absolute atomic E-state index is 9.94. The Kier molecular flexibility index (Phi) is 3.32. The summed E-state index contributed by atoms with van der Waals surface area (Å²) in [6.45, 7) is 1.12. The molecule has 2 N–H and O–H groups in total. The van der Waals surface area contributed by atoms with E-state index in [9.17, 15) is 9.90 Å². The van der Waals surface area contributed by atoms with Gasteiger partial charge in [0.25, 0.3) is 0 Å². The van der Waals surface area contributed by atoms with Crippen molar-refractivity contribution in [1.29, 1.82) is 0 Å². The molecule has 0 aromatic heterocycles. The quantitative estimate of drug-likeness (QED) is 0.494. The molecule has 0 amide bonds. The van der Waals surface area contributed by atoms with Crippen molar-refractivity contribution in [2.45, 2.75) is 25.4 Å². The minimum absolute atomic E-state index is 0.0565. The van der Waals surface area contributed by atoms with Crippen LogP contribution in [0.15, 0.2) is 0 Å². The molecule has 0 saturated heterocycles. The largest absolute Gasteiger partial charge is 0.550 e. The third-order valence-corrected chi connectivity index (χ3v) is 1.18. The molecule has 4 nitrogen and oxygen atoms in total. The first kappa shape index (κ1) is 9.39. The van der Waals surface area contributed by atoms with Crippen molar-refractivity contribution in [2.75, 3.05) is 6.61 Å². The van der Waals surface area contributed by atoms with Crippen LogP contribution in [-0.2, 0) is 4.79 Å². The van der Waals surface area contributed by atoms with E-state index in [4.69, 9.17) is 10.2 Å². The van der Waals surface area contributed by atoms with Gasteiger partial charge in [-0.05, 0) is 13.3 Å². The molecular formula is C6H11O4-. The smallest absolute Gasteiger partial charge is 0.0693 e. The SMILES string of the molecule is CC(O)(CCO)CC(=O)[O-]. The standard InChI is InChI=1S/C6H12O4/c1-6(10,2-3-7)4-5(8)9/h7,10H,2-4H2,1H3,(H,8,9)/p-1. The van der Waals surface area contributed by atoms with Crippen molar-refractivity contribution in [3.63, 3.8) is 0 Å². The fourth-order valence-electron chi connectivity index (χ4n) is 0.640. The average Bonchev–Trinajstić information content (AvgIpc) is 1.59. The number of rotatable bonds is 4. The predicted molar refractivity (Wildman–Crippen MR) is 32.0 cm³/mol. The Hall–Kier alpha value is -0.610. The lowest BCUT2D eigenvalue weighted by atomic mass is 9.99. The number of carboxylic acid groups (broad SMARTS) is 1. The lowest BCUT2D eigenvalue weighted by Crippen LogP contribution is -2.35. The van der Waals surface area contributed by atoms with Gasteiger partial charge in [0.2, 0.25) is 0 Å². The number of carbonyl (C=O) groups is 1. The number of aliphatic hydroxyl groups excluding tert-OH is 1. The molecule has 0 aliphatic heterocycles. The van der Waals surface area contributed by atoms with Gasteiger partial charge in [0, 0.05) is 19.0 Å². The molecule has 1 unspecified atom stereocenters. The highest BCUT2D eigenvalue weighted by atomic mass is 16.4. The zero-order chi connectivity index (χ0) is 8.20. The van der Waals surface area contributed by atoms with Gasteiger partial charge in [0.05, 0.1) is 5.60 Å². The fourth-order valence-corrected chi connectivity index (χ4v) is 0.640. The van der Waals surface area contributed by atoms with Crippen LogP contribution in [0.4, 0.5) is 0 Å². The molecule has 0 aliphatic carbocycles. The number of carbonyl (C=O) groups excluding carboxylic acids is 1. The number of hydrogen-bond acceptors (Lipinski definition) is 4. The number of aliphatic carboxylic acids is 1. The Labute approximate surface area is 59.1 Å². The van der Waals surface area contributed by atoms with E-state index >= 15 is 0 Å². The van der Waals surface area contributed by atoms with Gasteiger partial charge >= 0.3 is 0 Å². The molecule has 0 aromatic rings. The zero-order valence-electron chi connectivity index (χ0n) is 5.83. The van der Waals surface area contributed by atoms with Gasteiger partial charge in [-0.25, -0.2) is 0 Å². The summed E-state index contributed by atoms with van der Waals surface area (Å²) in [7, 11) is 0. The van der Waals surface area contributed by atoms with E-state index in [-0.39, 0.29) is 13.0 Å². The monoisotopic (exact) mass is 147 g/mol. The van der Waals surface area contributed by atoms with E-state index in [1.54, 1.807) is 0 Å². The maximum atomic E-state index is 9.94. The van der Waals surface area contributed by atoms with Gasteiger partial charge < -0.3 is 20.1 Å².